The number of carboxylic acid groups (broad SMARTS) is 1. The number of nitrogens with one attached hydrogen (secondary N) is 1. The summed E-state index contributed by atoms with van der Waals surface area (Å²) in [5.74, 6) is -1.94. The van der Waals surface area contributed by atoms with Gasteiger partial charge in [0.25, 0.3) is 0 Å². The van der Waals surface area contributed by atoms with E-state index in [2.05, 4.69) is 26.1 Å². The number of aliphatic hydroxyl groups excluding tert-OH is 2. The highest BCUT2D eigenvalue weighted by Gasteiger charge is 2.63. The summed E-state index contributed by atoms with van der Waals surface area (Å²) in [4.78, 5) is 49.9. The lowest BCUT2D eigenvalue weighted by molar-refractivity contribution is -0.175. The van der Waals surface area contributed by atoms with Gasteiger partial charge in [-0.15, -0.1) is 0 Å². The molecule has 13 nitrogen and oxygen atoms in total. The van der Waals surface area contributed by atoms with E-state index in [0.29, 0.717) is 30.1 Å². The minimum atomic E-state index is -3.96. The van der Waals surface area contributed by atoms with Crippen molar-refractivity contribution in [3.8, 4) is 0 Å². The number of amides is 1. The average Bonchev–Trinajstić information content (AvgIpc) is 3.62. The molecular weight excluding hydrogens is 801 g/mol. The number of aliphatic carboxylic acids is 1. The fraction of sp³-hybridized carbons (Fsp3) is 0.660. The predicted molar refractivity (Wildman–Crippen MR) is 226 cm³/mol. The number of hydrogen-bond acceptors (Lipinski definition) is 11. The summed E-state index contributed by atoms with van der Waals surface area (Å²) < 4.78 is 35.3. The summed E-state index contributed by atoms with van der Waals surface area (Å²) in [6, 6.07) is 18.0. The van der Waals surface area contributed by atoms with Crippen LogP contribution in [0, 0.1) is 52.3 Å². The maximum atomic E-state index is 13.9. The molecule has 4 aliphatic carbocycles. The number of esters is 2. The van der Waals surface area contributed by atoms with Crippen LogP contribution in [0.1, 0.15) is 109 Å². The smallest absolute Gasteiger partial charge is 0.332 e. The zero-order valence-electron chi connectivity index (χ0n) is 36.0. The van der Waals surface area contributed by atoms with Crippen LogP contribution in [0.3, 0.4) is 0 Å². The molecule has 7 unspecified atom stereocenters. The molecule has 0 bridgehead atoms. The van der Waals surface area contributed by atoms with Crippen molar-refractivity contribution in [2.45, 2.75) is 123 Å². The molecule has 0 radical (unpaired) electrons. The van der Waals surface area contributed by atoms with Crippen LogP contribution in [-0.4, -0.2) is 70.8 Å². The van der Waals surface area contributed by atoms with Crippen molar-refractivity contribution in [3.63, 3.8) is 0 Å². The average molecular weight is 868 g/mol. The standard InChI is InChI=1S/C47H66NO12P/c1-31(38-18-19-39-37-17-16-35-24-36(49)22-23-46(35,2)40(37)25-41(50)47(38,39)3)14-20-42(51)48-26-44(53)58-30-57-43(52)21-15-34(45(54)55)29-61(56,59-27-32-10-6-4-7-11-32)60-28-33-12-8-5-9-13-33/h4-13,31,34-41,49-50H,14-30H2,1-3H3,(H,48,51)(H,54,55)/t31?,34?,35?,36-,37?,38?,39?,40?,41+,46+,47-/m1/s1. The number of carbonyl (C=O) groups excluding carboxylic acids is 3. The molecule has 4 saturated carbocycles. The molecule has 2 aromatic rings. The van der Waals surface area contributed by atoms with Gasteiger partial charge in [0.1, 0.15) is 6.54 Å². The molecule has 0 aromatic heterocycles. The Hall–Kier alpha value is -3.61. The maximum Gasteiger partial charge on any atom is 0.332 e. The molecule has 2 aromatic carbocycles. The van der Waals surface area contributed by atoms with E-state index in [1.807, 2.05) is 12.1 Å². The van der Waals surface area contributed by atoms with E-state index in [9.17, 15) is 39.1 Å². The third kappa shape index (κ3) is 11.5. The quantitative estimate of drug-likeness (QED) is 0.0578. The van der Waals surface area contributed by atoms with Gasteiger partial charge >= 0.3 is 25.5 Å². The van der Waals surface area contributed by atoms with Crippen molar-refractivity contribution in [2.24, 2.45) is 52.3 Å². The zero-order chi connectivity index (χ0) is 43.8. The number of carbonyl (C=O) groups is 4. The van der Waals surface area contributed by atoms with Gasteiger partial charge in [0.15, 0.2) is 0 Å². The van der Waals surface area contributed by atoms with Crippen LogP contribution in [-0.2, 0) is 55.5 Å². The van der Waals surface area contributed by atoms with E-state index in [-0.39, 0.29) is 67.2 Å². The lowest BCUT2D eigenvalue weighted by Crippen LogP contribution is -2.58. The number of rotatable bonds is 20. The minimum Gasteiger partial charge on any atom is -0.481 e. The van der Waals surface area contributed by atoms with Gasteiger partial charge in [-0.3, -0.25) is 23.7 Å². The predicted octanol–water partition coefficient (Wildman–Crippen LogP) is 7.66. The number of aliphatic hydroxyl groups is 2. The van der Waals surface area contributed by atoms with Gasteiger partial charge in [-0.1, -0.05) is 81.4 Å². The fourth-order valence-electron chi connectivity index (χ4n) is 11.8. The summed E-state index contributed by atoms with van der Waals surface area (Å²) in [5.41, 5.74) is 1.42. The Morgan fingerprint density at radius 1 is 0.803 bits per heavy atom. The molecule has 4 fully saturated rings. The van der Waals surface area contributed by atoms with Crippen molar-refractivity contribution >= 4 is 31.4 Å². The van der Waals surface area contributed by atoms with E-state index < -0.39 is 57.0 Å². The molecule has 336 valence electrons. The van der Waals surface area contributed by atoms with E-state index >= 15 is 0 Å². The Kier molecular flexibility index (Phi) is 15.9. The highest BCUT2D eigenvalue weighted by Crippen LogP contribution is 2.68. The Bertz CT molecular complexity index is 1800. The summed E-state index contributed by atoms with van der Waals surface area (Å²) in [6.07, 6.45) is 7.19. The summed E-state index contributed by atoms with van der Waals surface area (Å²) >= 11 is 0. The second kappa shape index (κ2) is 20.7. The largest absolute Gasteiger partial charge is 0.481 e. The van der Waals surface area contributed by atoms with Gasteiger partial charge in [-0.25, -0.2) is 0 Å². The number of ether oxygens (including phenoxy) is 2. The molecule has 1 amide bonds. The maximum absolute atomic E-state index is 13.9. The Labute approximate surface area is 360 Å². The monoisotopic (exact) mass is 867 g/mol. The van der Waals surface area contributed by atoms with Gasteiger partial charge < -0.3 is 39.2 Å². The van der Waals surface area contributed by atoms with Crippen LogP contribution >= 0.6 is 7.60 Å². The molecule has 14 heteroatoms. The first kappa shape index (κ1) is 46.9. The van der Waals surface area contributed by atoms with Crippen LogP contribution in [0.4, 0.5) is 0 Å². The first-order valence-corrected chi connectivity index (χ1v) is 24.0. The molecule has 0 aliphatic heterocycles. The summed E-state index contributed by atoms with van der Waals surface area (Å²) in [6.45, 7) is 5.63. The number of hydrogen-bond donors (Lipinski definition) is 4. The van der Waals surface area contributed by atoms with Crippen molar-refractivity contribution in [1.82, 2.24) is 5.32 Å². The molecule has 6 rings (SSSR count). The van der Waals surface area contributed by atoms with Crippen molar-refractivity contribution in [3.05, 3.63) is 71.8 Å². The minimum absolute atomic E-state index is 0.0629. The van der Waals surface area contributed by atoms with Gasteiger partial charge in [-0.05, 0) is 122 Å². The van der Waals surface area contributed by atoms with Gasteiger partial charge in [0, 0.05) is 12.8 Å². The van der Waals surface area contributed by atoms with Crippen LogP contribution in [0.5, 0.6) is 0 Å². The van der Waals surface area contributed by atoms with E-state index in [1.165, 1.54) is 0 Å². The zero-order valence-corrected chi connectivity index (χ0v) is 36.8. The first-order chi connectivity index (χ1) is 29.1. The molecule has 4 aliphatic rings. The SMILES string of the molecule is CC(CCC(=O)NCC(=O)OCOC(=O)CCC(CP(=O)(OCc1ccccc1)OCc1ccccc1)C(=O)O)C1CCC2C3CCC4C[C@H](O)CC[C@]4(C)C3C[C@H](O)[C@]12C. The second-order valence-corrected chi connectivity index (χ2v) is 20.8. The highest BCUT2D eigenvalue weighted by atomic mass is 31.2. The Morgan fingerprint density at radius 2 is 1.44 bits per heavy atom. The molecule has 4 N–H and O–H groups in total. The molecule has 0 saturated heterocycles. The molecular formula is C47H66NO12P. The number of benzene rings is 2. The molecule has 61 heavy (non-hydrogen) atoms. The van der Waals surface area contributed by atoms with E-state index in [4.69, 9.17) is 18.5 Å². The fourth-order valence-corrected chi connectivity index (χ4v) is 13.6. The summed E-state index contributed by atoms with van der Waals surface area (Å²) in [5, 5.41) is 34.8. The molecule has 0 spiro atoms. The van der Waals surface area contributed by atoms with Gasteiger partial charge in [0.2, 0.25) is 12.7 Å². The van der Waals surface area contributed by atoms with E-state index in [1.54, 1.807) is 48.5 Å². The first-order valence-electron chi connectivity index (χ1n) is 22.2. The lowest BCUT2D eigenvalue weighted by atomic mass is 9.43. The molecule has 11 atom stereocenters. The third-order valence-electron chi connectivity index (χ3n) is 15.2. The van der Waals surface area contributed by atoms with E-state index in [0.717, 1.165) is 62.5 Å². The number of carboxylic acids is 1. The van der Waals surface area contributed by atoms with Crippen LogP contribution < -0.4 is 5.32 Å². The van der Waals surface area contributed by atoms with Crippen LogP contribution in [0.15, 0.2) is 60.7 Å². The topological polar surface area (TPSA) is 195 Å². The highest BCUT2D eigenvalue weighted by molar-refractivity contribution is 7.53. The van der Waals surface area contributed by atoms with Crippen molar-refractivity contribution < 1.29 is 57.6 Å². The van der Waals surface area contributed by atoms with Crippen LogP contribution in [0.2, 0.25) is 0 Å². The Balaban J connectivity index is 0.897. The normalized spacial score (nSPS) is 30.5. The van der Waals surface area contributed by atoms with Gasteiger partial charge in [-0.2, -0.15) is 0 Å². The van der Waals surface area contributed by atoms with Crippen molar-refractivity contribution in [2.75, 3.05) is 19.5 Å². The van der Waals surface area contributed by atoms with Crippen molar-refractivity contribution in [1.29, 1.82) is 0 Å². The summed E-state index contributed by atoms with van der Waals surface area (Å²) in [7, 11) is -3.96. The lowest BCUT2D eigenvalue weighted by Gasteiger charge is -2.62. The van der Waals surface area contributed by atoms with Gasteiger partial charge in [0.05, 0.1) is 37.5 Å². The number of fused-ring (bicyclic) bond motifs is 5. The van der Waals surface area contributed by atoms with Crippen LogP contribution in [0.25, 0.3) is 0 Å². The third-order valence-corrected chi connectivity index (χ3v) is 17.2. The Morgan fingerprint density at radius 3 is 2.08 bits per heavy atom. The second-order valence-electron chi connectivity index (χ2n) is 18.7. The molecule has 0 heterocycles.